The van der Waals surface area contributed by atoms with Gasteiger partial charge in [0.2, 0.25) is 5.91 Å². The first-order valence-corrected chi connectivity index (χ1v) is 12.4. The zero-order chi connectivity index (χ0) is 25.1. The molecule has 2 aromatic heterocycles. The lowest BCUT2D eigenvalue weighted by Gasteiger charge is -2.52. The number of rotatable bonds is 5. The number of anilines is 1. The minimum atomic E-state index is -1.51. The summed E-state index contributed by atoms with van der Waals surface area (Å²) in [6.45, 7) is 1.80. The van der Waals surface area contributed by atoms with E-state index in [9.17, 15) is 20.0 Å². The van der Waals surface area contributed by atoms with Crippen LogP contribution < -0.4 is 5.32 Å². The van der Waals surface area contributed by atoms with Gasteiger partial charge in [0, 0.05) is 46.2 Å². The van der Waals surface area contributed by atoms with Gasteiger partial charge in [-0.15, -0.1) is 11.3 Å². The van der Waals surface area contributed by atoms with Crippen molar-refractivity contribution in [3.05, 3.63) is 122 Å². The van der Waals surface area contributed by atoms with Crippen LogP contribution in [0.25, 0.3) is 0 Å². The number of aliphatic hydroxyl groups excluding tert-OH is 1. The zero-order valence-electron chi connectivity index (χ0n) is 19.3. The Labute approximate surface area is 210 Å². The summed E-state index contributed by atoms with van der Waals surface area (Å²) in [4.78, 5) is 34.8. The third-order valence-electron chi connectivity index (χ3n) is 7.57. The fourth-order valence-corrected chi connectivity index (χ4v) is 6.70. The normalized spacial score (nSPS) is 24.4. The summed E-state index contributed by atoms with van der Waals surface area (Å²) < 4.78 is 0. The molecule has 2 N–H and O–H groups in total. The summed E-state index contributed by atoms with van der Waals surface area (Å²) in [5, 5.41) is 28.4. The van der Waals surface area contributed by atoms with Gasteiger partial charge in [0.1, 0.15) is 6.10 Å². The van der Waals surface area contributed by atoms with Gasteiger partial charge in [0.05, 0.1) is 11.1 Å². The molecule has 0 saturated carbocycles. The van der Waals surface area contributed by atoms with Crippen molar-refractivity contribution in [3.63, 3.8) is 0 Å². The maximum atomic E-state index is 13.9. The number of nitrogens with zero attached hydrogens (tertiary/aromatic N) is 3. The van der Waals surface area contributed by atoms with Crippen molar-refractivity contribution in [1.82, 2.24) is 9.97 Å². The first kappa shape index (κ1) is 22.5. The molecule has 180 valence electrons. The summed E-state index contributed by atoms with van der Waals surface area (Å²) in [5.41, 5.74) is 1.38. The fraction of sp³-hybridized carbons (Fsp3) is 0.222. The van der Waals surface area contributed by atoms with Gasteiger partial charge in [-0.25, -0.2) is 4.98 Å². The van der Waals surface area contributed by atoms with Crippen LogP contribution in [0.2, 0.25) is 0 Å². The van der Waals surface area contributed by atoms with Crippen molar-refractivity contribution in [2.75, 3.05) is 5.32 Å². The summed E-state index contributed by atoms with van der Waals surface area (Å²) in [6, 6.07) is 18.2. The molecule has 2 bridgehead atoms. The molecule has 1 amide bonds. The molecule has 0 spiro atoms. The van der Waals surface area contributed by atoms with Crippen LogP contribution in [0.15, 0.2) is 78.4 Å². The Kier molecular flexibility index (Phi) is 5.03. The average Bonchev–Trinajstić information content (AvgIpc) is 3.37. The highest BCUT2D eigenvalue weighted by Crippen LogP contribution is 2.64. The largest absolute Gasteiger partial charge is 0.382 e. The summed E-state index contributed by atoms with van der Waals surface area (Å²) in [5.74, 6) is -0.671. The third kappa shape index (κ3) is 3.06. The molecule has 7 rings (SSSR count). The molecule has 3 aliphatic rings. The van der Waals surface area contributed by atoms with Crippen molar-refractivity contribution >= 4 is 22.4 Å². The molecule has 36 heavy (non-hydrogen) atoms. The summed E-state index contributed by atoms with van der Waals surface area (Å²) in [7, 11) is 0. The van der Waals surface area contributed by atoms with Gasteiger partial charge in [-0.3, -0.25) is 19.9 Å². The lowest BCUT2D eigenvalue weighted by atomic mass is 9.49. The molecule has 8 nitrogen and oxygen atoms in total. The first-order chi connectivity index (χ1) is 17.4. The highest BCUT2D eigenvalue weighted by molar-refractivity contribution is 7.13. The predicted octanol–water partition coefficient (Wildman–Crippen LogP) is 4.63. The first-order valence-electron chi connectivity index (χ1n) is 11.5. The van der Waals surface area contributed by atoms with Crippen molar-refractivity contribution in [3.8, 4) is 0 Å². The minimum Gasteiger partial charge on any atom is -0.382 e. The fourth-order valence-electron chi connectivity index (χ4n) is 5.97. The quantitative estimate of drug-likeness (QED) is 0.306. The van der Waals surface area contributed by atoms with Crippen LogP contribution in [0.5, 0.6) is 0 Å². The number of nitrogens with one attached hydrogen (secondary N) is 1. The highest BCUT2D eigenvalue weighted by Gasteiger charge is 2.67. The molecule has 0 fully saturated rings. The van der Waals surface area contributed by atoms with Crippen molar-refractivity contribution in [2.24, 2.45) is 5.41 Å². The standard InChI is InChI=1S/C27H22N4O4S/c1-26(24(33)30-25-29-21(14-36-25)23(32)16-10-12-28-13-11-16)15-27(31(34)35)19-8-4-2-6-17(19)22(26)18-7-3-5-9-20(18)27/h2-14,22-23,32H,15H2,1H3,(H,29,30,33). The maximum Gasteiger partial charge on any atom is 0.273 e. The zero-order valence-corrected chi connectivity index (χ0v) is 20.1. The SMILES string of the molecule is CC1(C(=O)Nc2nc(C(O)c3ccncc3)cs2)CC2([N+](=O)[O-])c3ccccc3C1c1ccccc12. The number of amides is 1. The van der Waals surface area contributed by atoms with Crippen LogP contribution in [-0.2, 0) is 10.3 Å². The lowest BCUT2D eigenvalue weighted by Crippen LogP contribution is -2.57. The van der Waals surface area contributed by atoms with E-state index in [1.54, 1.807) is 36.8 Å². The molecule has 2 heterocycles. The number of pyridine rings is 1. The van der Waals surface area contributed by atoms with E-state index in [1.807, 2.05) is 48.5 Å². The minimum absolute atomic E-state index is 0.0371. The highest BCUT2D eigenvalue weighted by atomic mass is 32.1. The molecule has 2 unspecified atom stereocenters. The number of carbonyl (C=O) groups excluding carboxylic acids is 1. The molecular formula is C27H22N4O4S. The summed E-state index contributed by atoms with van der Waals surface area (Å²) in [6.07, 6.45) is 2.27. The maximum absolute atomic E-state index is 13.9. The van der Waals surface area contributed by atoms with E-state index in [-0.39, 0.29) is 23.2 Å². The molecule has 2 atom stereocenters. The number of thiazole rings is 1. The average molecular weight is 499 g/mol. The Morgan fingerprint density at radius 2 is 1.72 bits per heavy atom. The topological polar surface area (TPSA) is 118 Å². The monoisotopic (exact) mass is 498 g/mol. The van der Waals surface area contributed by atoms with Crippen LogP contribution in [0.1, 0.15) is 58.9 Å². The van der Waals surface area contributed by atoms with E-state index in [1.165, 1.54) is 11.3 Å². The van der Waals surface area contributed by atoms with Gasteiger partial charge in [0.25, 0.3) is 5.54 Å². The van der Waals surface area contributed by atoms with E-state index < -0.39 is 17.1 Å². The van der Waals surface area contributed by atoms with E-state index >= 15 is 0 Å². The number of aliphatic hydroxyl groups is 1. The van der Waals surface area contributed by atoms with Gasteiger partial charge in [0.15, 0.2) is 5.13 Å². The van der Waals surface area contributed by atoms with Crippen molar-refractivity contribution in [1.29, 1.82) is 0 Å². The van der Waals surface area contributed by atoms with Gasteiger partial charge in [-0.05, 0) is 35.7 Å². The van der Waals surface area contributed by atoms with E-state index in [0.29, 0.717) is 27.5 Å². The van der Waals surface area contributed by atoms with Gasteiger partial charge in [-0.2, -0.15) is 0 Å². The number of hydrogen-bond acceptors (Lipinski definition) is 7. The Morgan fingerprint density at radius 1 is 1.11 bits per heavy atom. The van der Waals surface area contributed by atoms with E-state index in [0.717, 1.165) is 11.1 Å². The molecule has 3 aliphatic carbocycles. The second kappa shape index (κ2) is 8.04. The predicted molar refractivity (Wildman–Crippen MR) is 134 cm³/mol. The molecule has 2 aromatic carbocycles. The number of nitro groups is 1. The Morgan fingerprint density at radius 3 is 2.33 bits per heavy atom. The number of carbonyl (C=O) groups is 1. The van der Waals surface area contributed by atoms with Crippen molar-refractivity contribution in [2.45, 2.75) is 30.9 Å². The molecule has 0 radical (unpaired) electrons. The van der Waals surface area contributed by atoms with Crippen LogP contribution in [0.3, 0.4) is 0 Å². The Hall–Kier alpha value is -3.95. The number of hydrogen-bond donors (Lipinski definition) is 2. The molecule has 9 heteroatoms. The third-order valence-corrected chi connectivity index (χ3v) is 8.35. The van der Waals surface area contributed by atoms with Crippen LogP contribution >= 0.6 is 11.3 Å². The second-order valence-electron chi connectivity index (χ2n) is 9.53. The van der Waals surface area contributed by atoms with Crippen LogP contribution in [0, 0.1) is 15.5 Å². The van der Waals surface area contributed by atoms with Crippen molar-refractivity contribution < 1.29 is 14.8 Å². The van der Waals surface area contributed by atoms with E-state index in [4.69, 9.17) is 0 Å². The number of aromatic nitrogens is 2. The smallest absolute Gasteiger partial charge is 0.273 e. The molecule has 0 aliphatic heterocycles. The molecule has 0 saturated heterocycles. The molecule has 4 aromatic rings. The Balaban J connectivity index is 1.39. The van der Waals surface area contributed by atoms with Gasteiger partial charge < -0.3 is 10.4 Å². The number of benzene rings is 2. The van der Waals surface area contributed by atoms with E-state index in [2.05, 4.69) is 15.3 Å². The Bertz CT molecular complexity index is 1460. The van der Waals surface area contributed by atoms with Gasteiger partial charge >= 0.3 is 0 Å². The summed E-state index contributed by atoms with van der Waals surface area (Å²) >= 11 is 1.21. The number of fused-ring (bicyclic) bond motifs is 1. The van der Waals surface area contributed by atoms with Crippen LogP contribution in [-0.4, -0.2) is 25.9 Å². The lowest BCUT2D eigenvalue weighted by molar-refractivity contribution is -0.573. The van der Waals surface area contributed by atoms with Gasteiger partial charge in [-0.1, -0.05) is 48.5 Å². The van der Waals surface area contributed by atoms with Crippen LogP contribution in [0.4, 0.5) is 5.13 Å². The molecular weight excluding hydrogens is 476 g/mol. The second-order valence-corrected chi connectivity index (χ2v) is 10.4.